The second-order valence-corrected chi connectivity index (χ2v) is 8.09. The van der Waals surface area contributed by atoms with Crippen LogP contribution in [-0.2, 0) is 15.7 Å². The summed E-state index contributed by atoms with van der Waals surface area (Å²) in [6.07, 6.45) is -3.29. The van der Waals surface area contributed by atoms with Crippen molar-refractivity contribution in [3.8, 4) is 0 Å². The zero-order valence-electron chi connectivity index (χ0n) is 18.3. The Morgan fingerprint density at radius 2 is 1.90 bits per heavy atom. The van der Waals surface area contributed by atoms with Crippen LogP contribution in [0.4, 0.5) is 13.2 Å². The van der Waals surface area contributed by atoms with Crippen molar-refractivity contribution in [2.45, 2.75) is 25.6 Å². The molecule has 9 heteroatoms. The van der Waals surface area contributed by atoms with Crippen LogP contribution in [0.25, 0.3) is 0 Å². The molecule has 2 aliphatic heterocycles. The smallest absolute Gasteiger partial charge is 0.381 e. The van der Waals surface area contributed by atoms with E-state index in [1.54, 1.807) is 12.1 Å². The maximum Gasteiger partial charge on any atom is 0.416 e. The van der Waals surface area contributed by atoms with Crippen LogP contribution >= 0.6 is 0 Å². The molecule has 0 amide bonds. The molecule has 174 valence electrons. The number of hydrogen-bond donors (Lipinski definition) is 1. The van der Waals surface area contributed by atoms with Crippen LogP contribution in [-0.4, -0.2) is 82.0 Å². The highest BCUT2D eigenvalue weighted by atomic mass is 19.4. The fourth-order valence-corrected chi connectivity index (χ4v) is 4.06. The topological polar surface area (TPSA) is 49.3 Å². The SMILES string of the molecule is CCNC(=NCC(c1ccc(C(F)(F)F)cc1)N1CCOCC1)N(C)CC1CCOC1. The van der Waals surface area contributed by atoms with E-state index >= 15 is 0 Å². The third kappa shape index (κ3) is 6.82. The third-order valence-corrected chi connectivity index (χ3v) is 5.78. The van der Waals surface area contributed by atoms with Gasteiger partial charge in [-0.15, -0.1) is 0 Å². The molecule has 0 bridgehead atoms. The lowest BCUT2D eigenvalue weighted by Gasteiger charge is -2.34. The summed E-state index contributed by atoms with van der Waals surface area (Å²) in [6.45, 7) is 8.34. The number of guanidine groups is 1. The Kier molecular flexibility index (Phi) is 8.57. The normalized spacial score (nSPS) is 21.8. The number of halogens is 3. The highest BCUT2D eigenvalue weighted by molar-refractivity contribution is 5.79. The van der Waals surface area contributed by atoms with Gasteiger partial charge in [-0.2, -0.15) is 13.2 Å². The van der Waals surface area contributed by atoms with Gasteiger partial charge in [0.15, 0.2) is 5.96 Å². The quantitative estimate of drug-likeness (QED) is 0.520. The van der Waals surface area contributed by atoms with Crippen molar-refractivity contribution in [2.75, 3.05) is 66.2 Å². The molecule has 0 spiro atoms. The monoisotopic (exact) mass is 442 g/mol. The van der Waals surface area contributed by atoms with Gasteiger partial charge in [-0.05, 0) is 31.0 Å². The third-order valence-electron chi connectivity index (χ3n) is 5.78. The highest BCUT2D eigenvalue weighted by Crippen LogP contribution is 2.31. The van der Waals surface area contributed by atoms with Crippen LogP contribution in [0.3, 0.4) is 0 Å². The van der Waals surface area contributed by atoms with Gasteiger partial charge in [0.25, 0.3) is 0 Å². The van der Waals surface area contributed by atoms with E-state index < -0.39 is 11.7 Å². The van der Waals surface area contributed by atoms with E-state index in [1.807, 2.05) is 14.0 Å². The van der Waals surface area contributed by atoms with Crippen LogP contribution in [0.15, 0.2) is 29.3 Å². The number of morpholine rings is 1. The molecule has 2 atom stereocenters. The Morgan fingerprint density at radius 3 is 2.48 bits per heavy atom. The molecule has 1 aromatic rings. The largest absolute Gasteiger partial charge is 0.416 e. The molecule has 2 fully saturated rings. The van der Waals surface area contributed by atoms with Crippen molar-refractivity contribution < 1.29 is 22.6 Å². The maximum absolute atomic E-state index is 13.0. The van der Waals surface area contributed by atoms with Crippen molar-refractivity contribution in [2.24, 2.45) is 10.9 Å². The first kappa shape index (κ1) is 23.8. The van der Waals surface area contributed by atoms with Crippen LogP contribution < -0.4 is 5.32 Å². The molecular formula is C22H33F3N4O2. The van der Waals surface area contributed by atoms with E-state index in [2.05, 4.69) is 15.1 Å². The fraction of sp³-hybridized carbons (Fsp3) is 0.682. The molecular weight excluding hydrogens is 409 g/mol. The summed E-state index contributed by atoms with van der Waals surface area (Å²) in [7, 11) is 2.02. The molecule has 3 rings (SSSR count). The van der Waals surface area contributed by atoms with Crippen LogP contribution in [0.2, 0.25) is 0 Å². The minimum absolute atomic E-state index is 0.108. The number of ether oxygens (including phenoxy) is 2. The van der Waals surface area contributed by atoms with Gasteiger partial charge >= 0.3 is 6.18 Å². The molecule has 2 aliphatic rings. The van der Waals surface area contributed by atoms with Gasteiger partial charge in [0, 0.05) is 45.8 Å². The number of rotatable bonds is 7. The van der Waals surface area contributed by atoms with E-state index in [0.717, 1.165) is 69.5 Å². The van der Waals surface area contributed by atoms with Gasteiger partial charge in [-0.1, -0.05) is 12.1 Å². The lowest BCUT2D eigenvalue weighted by atomic mass is 10.0. The molecule has 0 saturated carbocycles. The number of hydrogen-bond acceptors (Lipinski definition) is 4. The van der Waals surface area contributed by atoms with Gasteiger partial charge in [0.1, 0.15) is 0 Å². The summed E-state index contributed by atoms with van der Waals surface area (Å²) in [6, 6.07) is 5.35. The van der Waals surface area contributed by atoms with Gasteiger partial charge in [0.2, 0.25) is 0 Å². The van der Waals surface area contributed by atoms with Crippen molar-refractivity contribution in [3.63, 3.8) is 0 Å². The van der Waals surface area contributed by atoms with E-state index in [0.29, 0.717) is 25.7 Å². The van der Waals surface area contributed by atoms with Gasteiger partial charge < -0.3 is 19.7 Å². The molecule has 1 N–H and O–H groups in total. The molecule has 31 heavy (non-hydrogen) atoms. The number of aliphatic imine (C=N–C) groups is 1. The first-order chi connectivity index (χ1) is 14.9. The molecule has 1 aromatic carbocycles. The van der Waals surface area contributed by atoms with E-state index in [1.165, 1.54) is 0 Å². The van der Waals surface area contributed by atoms with Crippen LogP contribution in [0.1, 0.15) is 30.5 Å². The van der Waals surface area contributed by atoms with Crippen molar-refractivity contribution >= 4 is 5.96 Å². The van der Waals surface area contributed by atoms with Crippen molar-refractivity contribution in [3.05, 3.63) is 35.4 Å². The van der Waals surface area contributed by atoms with E-state index in [4.69, 9.17) is 14.5 Å². The summed E-state index contributed by atoms with van der Waals surface area (Å²) in [5.74, 6) is 1.29. The van der Waals surface area contributed by atoms with Crippen LogP contribution in [0.5, 0.6) is 0 Å². The second-order valence-electron chi connectivity index (χ2n) is 8.09. The van der Waals surface area contributed by atoms with E-state index in [-0.39, 0.29) is 6.04 Å². The fourth-order valence-electron chi connectivity index (χ4n) is 4.06. The second kappa shape index (κ2) is 11.2. The average Bonchev–Trinajstić information content (AvgIpc) is 3.26. The summed E-state index contributed by atoms with van der Waals surface area (Å²) in [4.78, 5) is 9.22. The summed E-state index contributed by atoms with van der Waals surface area (Å²) < 4.78 is 49.9. The predicted molar refractivity (Wildman–Crippen MR) is 114 cm³/mol. The molecule has 0 aromatic heterocycles. The highest BCUT2D eigenvalue weighted by Gasteiger charge is 2.31. The first-order valence-corrected chi connectivity index (χ1v) is 10.9. The molecule has 2 heterocycles. The zero-order valence-corrected chi connectivity index (χ0v) is 18.3. The molecule has 0 aliphatic carbocycles. The Hall–Kier alpha value is -1.84. The number of nitrogens with zero attached hydrogens (tertiary/aromatic N) is 3. The number of alkyl halides is 3. The van der Waals surface area contributed by atoms with E-state index in [9.17, 15) is 13.2 Å². The van der Waals surface area contributed by atoms with Gasteiger partial charge in [-0.25, -0.2) is 0 Å². The minimum Gasteiger partial charge on any atom is -0.381 e. The molecule has 0 radical (unpaired) electrons. The first-order valence-electron chi connectivity index (χ1n) is 10.9. The Balaban J connectivity index is 1.77. The standard InChI is InChI=1S/C22H33F3N4O2/c1-3-26-21(28(2)15-17-8-11-31-16-17)27-14-20(29-9-12-30-13-10-29)18-4-6-19(7-5-18)22(23,24)25/h4-7,17,20H,3,8-16H2,1-2H3,(H,26,27). The van der Waals surface area contributed by atoms with Gasteiger partial charge in [-0.3, -0.25) is 9.89 Å². The Morgan fingerprint density at radius 1 is 1.19 bits per heavy atom. The summed E-state index contributed by atoms with van der Waals surface area (Å²) >= 11 is 0. The minimum atomic E-state index is -4.34. The number of nitrogens with one attached hydrogen (secondary N) is 1. The molecule has 6 nitrogen and oxygen atoms in total. The predicted octanol–water partition coefficient (Wildman–Crippen LogP) is 3.01. The summed E-state index contributed by atoms with van der Waals surface area (Å²) in [5, 5.41) is 3.34. The average molecular weight is 443 g/mol. The Labute approximate surface area is 182 Å². The summed E-state index contributed by atoms with van der Waals surface area (Å²) in [5.41, 5.74) is 0.202. The number of benzene rings is 1. The molecule has 2 unspecified atom stereocenters. The maximum atomic E-state index is 13.0. The lowest BCUT2D eigenvalue weighted by molar-refractivity contribution is -0.137. The molecule has 2 saturated heterocycles. The Bertz CT molecular complexity index is 700. The van der Waals surface area contributed by atoms with Crippen molar-refractivity contribution in [1.82, 2.24) is 15.1 Å². The van der Waals surface area contributed by atoms with Crippen molar-refractivity contribution in [1.29, 1.82) is 0 Å². The lowest BCUT2D eigenvalue weighted by Crippen LogP contribution is -2.43. The van der Waals surface area contributed by atoms with Gasteiger partial charge in [0.05, 0.1) is 38.0 Å². The van der Waals surface area contributed by atoms with Crippen LogP contribution in [0, 0.1) is 5.92 Å². The zero-order chi connectivity index (χ0) is 22.3.